The number of hydrogen-bond donors (Lipinski definition) is 2. The van der Waals surface area contributed by atoms with Gasteiger partial charge in [0.1, 0.15) is 5.75 Å². The van der Waals surface area contributed by atoms with E-state index in [1.54, 1.807) is 0 Å². The fourth-order valence-electron chi connectivity index (χ4n) is 2.19. The highest BCUT2D eigenvalue weighted by Gasteiger charge is 2.11. The molecule has 1 aromatic carbocycles. The van der Waals surface area contributed by atoms with Crippen molar-refractivity contribution in [2.75, 3.05) is 13.2 Å². The van der Waals surface area contributed by atoms with E-state index in [0.29, 0.717) is 25.5 Å². The van der Waals surface area contributed by atoms with E-state index in [-0.39, 0.29) is 11.9 Å². The molecule has 0 bridgehead atoms. The van der Waals surface area contributed by atoms with Gasteiger partial charge in [0, 0.05) is 23.5 Å². The second-order valence-electron chi connectivity index (χ2n) is 5.89. The number of ether oxygens (including phenoxy) is 1. The van der Waals surface area contributed by atoms with Gasteiger partial charge in [0.15, 0.2) is 0 Å². The van der Waals surface area contributed by atoms with Gasteiger partial charge in [0.25, 0.3) is 0 Å². The zero-order chi connectivity index (χ0) is 16.4. The topological polar surface area (TPSA) is 64.3 Å². The predicted octanol–water partition coefficient (Wildman–Crippen LogP) is 3.49. The fourth-order valence-corrected chi connectivity index (χ4v) is 2.46. The molecule has 1 amide bonds. The third-order valence-corrected chi connectivity index (χ3v) is 3.81. The predicted molar refractivity (Wildman–Crippen MR) is 93.9 cm³/mol. The number of halogens is 1. The molecule has 0 aromatic heterocycles. The molecular formula is C17H27BrN2O2. The highest BCUT2D eigenvalue weighted by Crippen LogP contribution is 2.16. The molecule has 22 heavy (non-hydrogen) atoms. The van der Waals surface area contributed by atoms with E-state index in [4.69, 9.17) is 10.5 Å². The molecule has 124 valence electrons. The van der Waals surface area contributed by atoms with Gasteiger partial charge in [0.2, 0.25) is 5.91 Å². The van der Waals surface area contributed by atoms with Crippen molar-refractivity contribution in [3.63, 3.8) is 0 Å². The molecule has 0 aliphatic carbocycles. The van der Waals surface area contributed by atoms with Gasteiger partial charge in [-0.1, -0.05) is 29.8 Å². The summed E-state index contributed by atoms with van der Waals surface area (Å²) in [6.45, 7) is 5.39. The number of hydrogen-bond acceptors (Lipinski definition) is 3. The van der Waals surface area contributed by atoms with Gasteiger partial charge in [0.05, 0.1) is 6.61 Å². The molecule has 0 saturated carbocycles. The molecule has 3 N–H and O–H groups in total. The summed E-state index contributed by atoms with van der Waals surface area (Å²) < 4.78 is 6.66. The Kier molecular flexibility index (Phi) is 9.16. The Morgan fingerprint density at radius 2 is 1.95 bits per heavy atom. The lowest BCUT2D eigenvalue weighted by molar-refractivity contribution is -0.121. The number of nitrogens with one attached hydrogen (secondary N) is 1. The highest BCUT2D eigenvalue weighted by atomic mass is 79.9. The summed E-state index contributed by atoms with van der Waals surface area (Å²) in [5, 5.41) is 3.00. The van der Waals surface area contributed by atoms with Crippen LogP contribution in [0, 0.1) is 5.92 Å². The first-order valence-electron chi connectivity index (χ1n) is 7.89. The first kappa shape index (κ1) is 19.0. The Hall–Kier alpha value is -1.07. The van der Waals surface area contributed by atoms with Gasteiger partial charge in [-0.2, -0.15) is 0 Å². The first-order chi connectivity index (χ1) is 10.5. The smallest absolute Gasteiger partial charge is 0.220 e. The number of benzene rings is 1. The first-order valence-corrected chi connectivity index (χ1v) is 8.68. The minimum absolute atomic E-state index is 0.0831. The SMILES string of the molecule is CC(C)CC(CN)NC(=O)CCCCOc1ccc(Br)cc1. The van der Waals surface area contributed by atoms with Crippen molar-refractivity contribution in [3.05, 3.63) is 28.7 Å². The Balaban J connectivity index is 2.13. The van der Waals surface area contributed by atoms with E-state index in [9.17, 15) is 4.79 Å². The van der Waals surface area contributed by atoms with Crippen LogP contribution >= 0.6 is 15.9 Å². The lowest BCUT2D eigenvalue weighted by Gasteiger charge is -2.18. The van der Waals surface area contributed by atoms with Gasteiger partial charge in [-0.3, -0.25) is 4.79 Å². The van der Waals surface area contributed by atoms with Gasteiger partial charge in [-0.15, -0.1) is 0 Å². The van der Waals surface area contributed by atoms with Crippen LogP contribution in [-0.4, -0.2) is 25.1 Å². The second-order valence-corrected chi connectivity index (χ2v) is 6.80. The van der Waals surface area contributed by atoms with Crippen LogP contribution in [0.25, 0.3) is 0 Å². The molecule has 5 heteroatoms. The highest BCUT2D eigenvalue weighted by molar-refractivity contribution is 9.10. The average molecular weight is 371 g/mol. The normalized spacial score (nSPS) is 12.2. The molecule has 1 aromatic rings. The van der Waals surface area contributed by atoms with E-state index in [1.807, 2.05) is 24.3 Å². The van der Waals surface area contributed by atoms with Crippen molar-refractivity contribution in [2.45, 2.75) is 45.6 Å². The number of rotatable bonds is 10. The third kappa shape index (κ3) is 8.39. The average Bonchev–Trinajstić information content (AvgIpc) is 2.47. The van der Waals surface area contributed by atoms with Crippen molar-refractivity contribution in [3.8, 4) is 5.75 Å². The van der Waals surface area contributed by atoms with Crippen LogP contribution in [0.5, 0.6) is 5.75 Å². The monoisotopic (exact) mass is 370 g/mol. The van der Waals surface area contributed by atoms with Crippen LogP contribution in [0.3, 0.4) is 0 Å². The van der Waals surface area contributed by atoms with Crippen LogP contribution in [-0.2, 0) is 4.79 Å². The Labute approximate surface area is 141 Å². The number of carbonyl (C=O) groups excluding carboxylic acids is 1. The maximum absolute atomic E-state index is 11.9. The maximum atomic E-state index is 11.9. The molecule has 0 fully saturated rings. The quantitative estimate of drug-likeness (QED) is 0.619. The van der Waals surface area contributed by atoms with Crippen LogP contribution in [0.1, 0.15) is 39.5 Å². The van der Waals surface area contributed by atoms with Gasteiger partial charge in [-0.25, -0.2) is 0 Å². The second kappa shape index (κ2) is 10.6. The van der Waals surface area contributed by atoms with Crippen LogP contribution in [0.15, 0.2) is 28.7 Å². The number of unbranched alkanes of at least 4 members (excludes halogenated alkanes) is 1. The van der Waals surface area contributed by atoms with Crippen molar-refractivity contribution in [1.29, 1.82) is 0 Å². The molecule has 1 rings (SSSR count). The lowest BCUT2D eigenvalue weighted by atomic mass is 10.0. The van der Waals surface area contributed by atoms with E-state index < -0.39 is 0 Å². The van der Waals surface area contributed by atoms with E-state index in [0.717, 1.165) is 29.5 Å². The van der Waals surface area contributed by atoms with E-state index >= 15 is 0 Å². The largest absolute Gasteiger partial charge is 0.494 e. The van der Waals surface area contributed by atoms with Crippen LogP contribution < -0.4 is 15.8 Å². The minimum Gasteiger partial charge on any atom is -0.494 e. The maximum Gasteiger partial charge on any atom is 0.220 e. The molecule has 0 aliphatic heterocycles. The lowest BCUT2D eigenvalue weighted by Crippen LogP contribution is -2.40. The molecule has 1 atom stereocenters. The Morgan fingerprint density at radius 3 is 2.55 bits per heavy atom. The third-order valence-electron chi connectivity index (χ3n) is 3.29. The molecule has 0 radical (unpaired) electrons. The van der Waals surface area contributed by atoms with E-state index in [1.165, 1.54) is 0 Å². The Morgan fingerprint density at radius 1 is 1.27 bits per heavy atom. The zero-order valence-electron chi connectivity index (χ0n) is 13.5. The number of nitrogens with two attached hydrogens (primary N) is 1. The van der Waals surface area contributed by atoms with Crippen LogP contribution in [0.2, 0.25) is 0 Å². The summed E-state index contributed by atoms with van der Waals surface area (Å²) in [6, 6.07) is 7.84. The molecule has 0 saturated heterocycles. The molecule has 4 nitrogen and oxygen atoms in total. The van der Waals surface area contributed by atoms with E-state index in [2.05, 4.69) is 35.1 Å². The molecular weight excluding hydrogens is 344 g/mol. The molecule has 1 unspecified atom stereocenters. The summed E-state index contributed by atoms with van der Waals surface area (Å²) in [6.07, 6.45) is 3.13. The summed E-state index contributed by atoms with van der Waals surface area (Å²) in [5.74, 6) is 1.47. The van der Waals surface area contributed by atoms with Crippen LogP contribution in [0.4, 0.5) is 0 Å². The summed E-state index contributed by atoms with van der Waals surface area (Å²) in [5.41, 5.74) is 5.68. The molecule has 0 heterocycles. The van der Waals surface area contributed by atoms with Crippen molar-refractivity contribution < 1.29 is 9.53 Å². The number of amides is 1. The molecule has 0 spiro atoms. The van der Waals surface area contributed by atoms with Gasteiger partial charge in [-0.05, 0) is 49.4 Å². The standard InChI is InChI=1S/C17H27BrN2O2/c1-13(2)11-15(12-19)20-17(21)5-3-4-10-22-16-8-6-14(18)7-9-16/h6-9,13,15H,3-5,10-12,19H2,1-2H3,(H,20,21). The minimum atomic E-state index is 0.0831. The zero-order valence-corrected chi connectivity index (χ0v) is 15.1. The summed E-state index contributed by atoms with van der Waals surface area (Å²) in [4.78, 5) is 11.9. The van der Waals surface area contributed by atoms with Crippen molar-refractivity contribution in [1.82, 2.24) is 5.32 Å². The Bertz CT molecular complexity index is 435. The van der Waals surface area contributed by atoms with Gasteiger partial charge < -0.3 is 15.8 Å². The fraction of sp³-hybridized carbons (Fsp3) is 0.588. The van der Waals surface area contributed by atoms with Gasteiger partial charge >= 0.3 is 0 Å². The summed E-state index contributed by atoms with van der Waals surface area (Å²) in [7, 11) is 0. The number of carbonyl (C=O) groups is 1. The van der Waals surface area contributed by atoms with Crippen molar-refractivity contribution >= 4 is 21.8 Å². The van der Waals surface area contributed by atoms with Crippen molar-refractivity contribution in [2.24, 2.45) is 11.7 Å². The molecule has 0 aliphatic rings. The summed E-state index contributed by atoms with van der Waals surface area (Å²) >= 11 is 3.39.